The summed E-state index contributed by atoms with van der Waals surface area (Å²) in [5.41, 5.74) is 5.97. The normalized spacial score (nSPS) is 11.0. The minimum absolute atomic E-state index is 0.274. The van der Waals surface area contributed by atoms with Crippen LogP contribution in [0.5, 0.6) is 17.2 Å². The minimum Gasteiger partial charge on any atom is -0.497 e. The lowest BCUT2D eigenvalue weighted by molar-refractivity contribution is 0.0734. The van der Waals surface area contributed by atoms with Crippen molar-refractivity contribution in [3.8, 4) is 28.4 Å². The molecule has 0 radical (unpaired) electrons. The highest BCUT2D eigenvalue weighted by molar-refractivity contribution is 9.11. The first-order valence-corrected chi connectivity index (χ1v) is 13.9. The molecule has 0 unspecified atom stereocenters. The van der Waals surface area contributed by atoms with Crippen LogP contribution in [0.4, 0.5) is 0 Å². The number of methoxy groups -OCH3 is 2. The maximum Gasteiger partial charge on any atom is 0.343 e. The van der Waals surface area contributed by atoms with Gasteiger partial charge in [0.1, 0.15) is 22.9 Å². The fraction of sp³-hybridized carbons (Fsp3) is 0.0645. The SMILES string of the molecule is COc1ccc(C(=O)Oc2ccc(Br)cc2C=NNC(=O)c2[nH]c3c(OC)ccc(Br)c3c2-c2ccccc2)cc1. The van der Waals surface area contributed by atoms with Crippen LogP contribution < -0.4 is 19.6 Å². The monoisotopic (exact) mass is 675 g/mol. The quantitative estimate of drug-likeness (QED) is 0.0774. The molecule has 41 heavy (non-hydrogen) atoms. The lowest BCUT2D eigenvalue weighted by atomic mass is 10.0. The van der Waals surface area contributed by atoms with E-state index in [0.29, 0.717) is 39.4 Å². The van der Waals surface area contributed by atoms with E-state index < -0.39 is 11.9 Å². The molecule has 0 aliphatic heterocycles. The first kappa shape index (κ1) is 28.1. The number of halogens is 2. The molecule has 0 aliphatic carbocycles. The van der Waals surface area contributed by atoms with Gasteiger partial charge in [-0.15, -0.1) is 0 Å². The van der Waals surface area contributed by atoms with Crippen LogP contribution in [0, 0.1) is 0 Å². The predicted molar refractivity (Wildman–Crippen MR) is 165 cm³/mol. The van der Waals surface area contributed by atoms with Crippen molar-refractivity contribution in [3.05, 3.63) is 111 Å². The van der Waals surface area contributed by atoms with Crippen LogP contribution in [0.15, 0.2) is 99.0 Å². The van der Waals surface area contributed by atoms with E-state index in [2.05, 4.69) is 47.4 Å². The molecule has 10 heteroatoms. The summed E-state index contributed by atoms with van der Waals surface area (Å²) >= 11 is 7.05. The second kappa shape index (κ2) is 12.4. The summed E-state index contributed by atoms with van der Waals surface area (Å²) in [5.74, 6) is 0.498. The van der Waals surface area contributed by atoms with Gasteiger partial charge in [0.15, 0.2) is 0 Å². The summed E-state index contributed by atoms with van der Waals surface area (Å²) < 4.78 is 17.9. The number of H-pyrrole nitrogens is 1. The van der Waals surface area contributed by atoms with Crippen molar-refractivity contribution in [1.82, 2.24) is 10.4 Å². The van der Waals surface area contributed by atoms with Gasteiger partial charge in [0.25, 0.3) is 5.91 Å². The van der Waals surface area contributed by atoms with E-state index >= 15 is 0 Å². The van der Waals surface area contributed by atoms with Crippen LogP contribution in [0.3, 0.4) is 0 Å². The van der Waals surface area contributed by atoms with Crippen molar-refractivity contribution < 1.29 is 23.8 Å². The molecule has 5 rings (SSSR count). The molecule has 0 aliphatic rings. The van der Waals surface area contributed by atoms with Gasteiger partial charge in [-0.3, -0.25) is 4.79 Å². The Bertz CT molecular complexity index is 1770. The molecule has 8 nitrogen and oxygen atoms in total. The van der Waals surface area contributed by atoms with Crippen molar-refractivity contribution in [2.75, 3.05) is 14.2 Å². The van der Waals surface area contributed by atoms with E-state index in [9.17, 15) is 9.59 Å². The molecular weight excluding hydrogens is 654 g/mol. The van der Waals surface area contributed by atoms with E-state index in [1.165, 1.54) is 6.21 Å². The van der Waals surface area contributed by atoms with Gasteiger partial charge in [-0.05, 0) is 60.2 Å². The Morgan fingerprint density at radius 3 is 2.32 bits per heavy atom. The number of rotatable bonds is 8. The summed E-state index contributed by atoms with van der Waals surface area (Å²) in [6.45, 7) is 0. The lowest BCUT2D eigenvalue weighted by Crippen LogP contribution is -2.19. The maximum absolute atomic E-state index is 13.5. The fourth-order valence-corrected chi connectivity index (χ4v) is 5.20. The van der Waals surface area contributed by atoms with E-state index in [0.717, 1.165) is 19.9 Å². The van der Waals surface area contributed by atoms with Gasteiger partial charge in [-0.1, -0.05) is 62.2 Å². The molecule has 1 amide bonds. The number of hydrogen-bond acceptors (Lipinski definition) is 6. The van der Waals surface area contributed by atoms with Crippen molar-refractivity contribution >= 4 is 60.9 Å². The Morgan fingerprint density at radius 1 is 0.878 bits per heavy atom. The Labute approximate surface area is 252 Å². The van der Waals surface area contributed by atoms with Gasteiger partial charge >= 0.3 is 5.97 Å². The number of aromatic amines is 1. The highest BCUT2D eigenvalue weighted by atomic mass is 79.9. The third-order valence-corrected chi connectivity index (χ3v) is 7.40. The third kappa shape index (κ3) is 6.03. The van der Waals surface area contributed by atoms with Crippen molar-refractivity contribution in [1.29, 1.82) is 0 Å². The molecule has 1 aromatic heterocycles. The second-order valence-corrected chi connectivity index (χ2v) is 10.5. The number of nitrogens with zero attached hydrogens (tertiary/aromatic N) is 1. The van der Waals surface area contributed by atoms with Crippen molar-refractivity contribution in [2.24, 2.45) is 5.10 Å². The maximum atomic E-state index is 13.5. The smallest absolute Gasteiger partial charge is 0.343 e. The molecule has 0 fully saturated rings. The topological polar surface area (TPSA) is 102 Å². The average molecular weight is 677 g/mol. The fourth-order valence-electron chi connectivity index (χ4n) is 4.29. The van der Waals surface area contributed by atoms with Crippen LogP contribution in [0.25, 0.3) is 22.0 Å². The molecule has 2 N–H and O–H groups in total. The first-order chi connectivity index (χ1) is 19.9. The summed E-state index contributed by atoms with van der Waals surface area (Å²) in [7, 11) is 3.13. The number of hydrazone groups is 1. The summed E-state index contributed by atoms with van der Waals surface area (Å²) in [6, 6.07) is 25.0. The second-order valence-electron chi connectivity index (χ2n) is 8.74. The van der Waals surface area contributed by atoms with Gasteiger partial charge in [-0.25, -0.2) is 10.2 Å². The van der Waals surface area contributed by atoms with E-state index in [1.54, 1.807) is 56.7 Å². The molecule has 0 saturated heterocycles. The van der Waals surface area contributed by atoms with Crippen molar-refractivity contribution in [2.45, 2.75) is 0 Å². The number of benzene rings is 4. The average Bonchev–Trinajstić information content (AvgIpc) is 3.41. The van der Waals surface area contributed by atoms with E-state index in [4.69, 9.17) is 14.2 Å². The van der Waals surface area contributed by atoms with Gasteiger partial charge in [0.05, 0.1) is 31.5 Å². The summed E-state index contributed by atoms with van der Waals surface area (Å²) in [6.07, 6.45) is 1.42. The molecule has 206 valence electrons. The van der Waals surface area contributed by atoms with E-state index in [-0.39, 0.29) is 5.75 Å². The van der Waals surface area contributed by atoms with E-state index in [1.807, 2.05) is 42.5 Å². The molecule has 0 bridgehead atoms. The zero-order chi connectivity index (χ0) is 28.9. The Balaban J connectivity index is 1.43. The Kier molecular flexibility index (Phi) is 8.51. The van der Waals surface area contributed by atoms with Crippen LogP contribution in [-0.2, 0) is 0 Å². The number of amides is 1. The molecule has 0 saturated carbocycles. The standard InChI is InChI=1S/C31H23Br2N3O5/c1-39-22-11-8-19(9-12-22)31(38)41-24-14-10-21(32)16-20(24)17-34-36-30(37)29-26(18-6-4-3-5-7-18)27-23(33)13-15-25(40-2)28(27)35-29/h3-17,35H,1-2H3,(H,36,37). The largest absolute Gasteiger partial charge is 0.497 e. The molecule has 1 heterocycles. The zero-order valence-electron chi connectivity index (χ0n) is 21.9. The molecule has 0 atom stereocenters. The van der Waals surface area contributed by atoms with Gasteiger partial charge in [0, 0.05) is 25.5 Å². The lowest BCUT2D eigenvalue weighted by Gasteiger charge is -2.09. The number of carbonyl (C=O) groups excluding carboxylic acids is 2. The summed E-state index contributed by atoms with van der Waals surface area (Å²) in [4.78, 5) is 29.4. The number of aromatic nitrogens is 1. The highest BCUT2D eigenvalue weighted by Gasteiger charge is 2.23. The molecule has 4 aromatic carbocycles. The molecular formula is C31H23Br2N3O5. The number of hydrogen-bond donors (Lipinski definition) is 2. The summed E-state index contributed by atoms with van der Waals surface area (Å²) in [5, 5.41) is 4.99. The third-order valence-electron chi connectivity index (χ3n) is 6.25. The number of ether oxygens (including phenoxy) is 3. The minimum atomic E-state index is -0.543. The van der Waals surface area contributed by atoms with Gasteiger partial charge in [0.2, 0.25) is 0 Å². The number of fused-ring (bicyclic) bond motifs is 1. The van der Waals surface area contributed by atoms with Gasteiger partial charge < -0.3 is 19.2 Å². The Morgan fingerprint density at radius 2 is 1.61 bits per heavy atom. The van der Waals surface area contributed by atoms with Crippen LogP contribution >= 0.6 is 31.9 Å². The zero-order valence-corrected chi connectivity index (χ0v) is 25.1. The predicted octanol–water partition coefficient (Wildman–Crippen LogP) is 7.36. The van der Waals surface area contributed by atoms with Crippen LogP contribution in [-0.4, -0.2) is 37.3 Å². The number of esters is 1. The van der Waals surface area contributed by atoms with Gasteiger partial charge in [-0.2, -0.15) is 5.10 Å². The molecule has 0 spiro atoms. The van der Waals surface area contributed by atoms with Crippen LogP contribution in [0.2, 0.25) is 0 Å². The Hall–Kier alpha value is -4.41. The van der Waals surface area contributed by atoms with Crippen LogP contribution in [0.1, 0.15) is 26.4 Å². The first-order valence-electron chi connectivity index (χ1n) is 12.3. The number of carbonyl (C=O) groups is 2. The molecule has 5 aromatic rings. The van der Waals surface area contributed by atoms with Crippen molar-refractivity contribution in [3.63, 3.8) is 0 Å². The number of nitrogens with one attached hydrogen (secondary N) is 2. The highest BCUT2D eigenvalue weighted by Crippen LogP contribution is 2.40.